The van der Waals surface area contributed by atoms with Gasteiger partial charge in [-0.05, 0) is 0 Å². The molecule has 11 heteroatoms. The van der Waals surface area contributed by atoms with Gasteiger partial charge in [-0.25, -0.2) is 0 Å². The van der Waals surface area contributed by atoms with Gasteiger partial charge in [0.2, 0.25) is 0 Å². The largest absolute Gasteiger partial charge is 0.456 e. The molecule has 3 N–H and O–H groups in total. The van der Waals surface area contributed by atoms with Gasteiger partial charge in [0, 0.05) is 20.8 Å². The minimum Gasteiger partial charge on any atom is -0.456 e. The van der Waals surface area contributed by atoms with Crippen LogP contribution in [0, 0.1) is 5.41 Å². The molecule has 0 radical (unpaired) electrons. The molecule has 9 nitrogen and oxygen atoms in total. The van der Waals surface area contributed by atoms with E-state index in [2.05, 4.69) is 0 Å². The molecule has 1 saturated heterocycles. The van der Waals surface area contributed by atoms with Crippen LogP contribution in [0.15, 0.2) is 0 Å². The van der Waals surface area contributed by atoms with Crippen molar-refractivity contribution in [1.82, 2.24) is 0 Å². The molecule has 0 saturated carbocycles. The van der Waals surface area contributed by atoms with Crippen LogP contribution in [0.3, 0.4) is 0 Å². The van der Waals surface area contributed by atoms with Crippen LogP contribution in [0.1, 0.15) is 20.8 Å². The summed E-state index contributed by atoms with van der Waals surface area (Å²) in [6.45, 7) is 3.47. The number of carbonyl (C=O) groups is 3. The van der Waals surface area contributed by atoms with Gasteiger partial charge < -0.3 is 24.7 Å². The molecule has 0 spiro atoms. The lowest BCUT2D eigenvalue weighted by molar-refractivity contribution is -0.213. The number of halogens is 1. The highest BCUT2D eigenvalue weighted by molar-refractivity contribution is 8.93. The van der Waals surface area contributed by atoms with E-state index in [4.69, 9.17) is 30.1 Å². The quantitative estimate of drug-likeness (QED) is 0.288. The van der Waals surface area contributed by atoms with E-state index in [1.165, 1.54) is 20.8 Å². The van der Waals surface area contributed by atoms with Crippen LogP contribution in [-0.4, -0.2) is 53.4 Å². The predicted molar refractivity (Wildman–Crippen MR) is 86.2 cm³/mol. The molecular formula is C12H19BrN2O7S. The monoisotopic (exact) mass is 414 g/mol. The van der Waals surface area contributed by atoms with Gasteiger partial charge in [-0.15, -0.1) is 17.0 Å². The summed E-state index contributed by atoms with van der Waals surface area (Å²) in [6.07, 6.45) is -3.03. The number of nitrogens with one attached hydrogen (secondary N) is 1. The van der Waals surface area contributed by atoms with Crippen molar-refractivity contribution in [2.45, 2.75) is 44.5 Å². The molecule has 0 unspecified atom stereocenters. The van der Waals surface area contributed by atoms with Crippen LogP contribution in [0.25, 0.3) is 0 Å². The van der Waals surface area contributed by atoms with Crippen molar-refractivity contribution >= 4 is 51.8 Å². The Morgan fingerprint density at radius 2 is 1.52 bits per heavy atom. The number of rotatable bonds is 4. The standard InChI is InChI=1S/C12H18N2O7S.BrH/c1-5(15)19-8-4-18-11(22-12(13)14)10(21-7(3)17)9(8)20-6(2)16;/h8-11H,4H2,1-3H3,(H3,13,14);1H/t8-,9-,10+,11-;/m0./s1. The van der Waals surface area contributed by atoms with Crippen molar-refractivity contribution in [2.75, 3.05) is 6.61 Å². The van der Waals surface area contributed by atoms with Gasteiger partial charge in [0.25, 0.3) is 0 Å². The molecule has 0 amide bonds. The summed E-state index contributed by atoms with van der Waals surface area (Å²) in [5.41, 5.74) is 4.46. The van der Waals surface area contributed by atoms with Gasteiger partial charge in [-0.1, -0.05) is 11.8 Å². The van der Waals surface area contributed by atoms with E-state index in [0.717, 1.165) is 11.8 Å². The fourth-order valence-corrected chi connectivity index (χ4v) is 2.68. The first-order valence-electron chi connectivity index (χ1n) is 6.34. The molecule has 0 aliphatic carbocycles. The first-order valence-corrected chi connectivity index (χ1v) is 7.22. The third-order valence-electron chi connectivity index (χ3n) is 2.55. The number of hydrogen-bond acceptors (Lipinski definition) is 9. The van der Waals surface area contributed by atoms with Crippen LogP contribution in [0.4, 0.5) is 0 Å². The lowest BCUT2D eigenvalue weighted by atomic mass is 10.1. The second-order valence-electron chi connectivity index (χ2n) is 4.48. The Kier molecular flexibility index (Phi) is 9.17. The number of hydrogen-bond donors (Lipinski definition) is 2. The maximum absolute atomic E-state index is 11.3. The summed E-state index contributed by atoms with van der Waals surface area (Å²) in [5.74, 6) is -1.86. The van der Waals surface area contributed by atoms with Gasteiger partial charge in [-0.2, -0.15) is 0 Å². The van der Waals surface area contributed by atoms with Crippen molar-refractivity contribution < 1.29 is 33.3 Å². The number of esters is 3. The van der Waals surface area contributed by atoms with E-state index in [1.807, 2.05) is 0 Å². The van der Waals surface area contributed by atoms with E-state index in [0.29, 0.717) is 0 Å². The van der Waals surface area contributed by atoms with Crippen molar-refractivity contribution in [1.29, 1.82) is 5.41 Å². The van der Waals surface area contributed by atoms with Gasteiger partial charge in [0.1, 0.15) is 0 Å². The molecule has 1 heterocycles. The zero-order valence-corrected chi connectivity index (χ0v) is 15.3. The number of thioether (sulfide) groups is 1. The van der Waals surface area contributed by atoms with E-state index in [-0.39, 0.29) is 28.8 Å². The fourth-order valence-electron chi connectivity index (χ4n) is 1.94. The average molecular weight is 415 g/mol. The Morgan fingerprint density at radius 3 is 1.96 bits per heavy atom. The summed E-state index contributed by atoms with van der Waals surface area (Å²) in [7, 11) is 0. The molecule has 1 aliphatic heterocycles. The van der Waals surface area contributed by atoms with Crippen LogP contribution in [0.2, 0.25) is 0 Å². The fraction of sp³-hybridized carbons (Fsp3) is 0.667. The average Bonchev–Trinajstić information content (AvgIpc) is 2.34. The summed E-state index contributed by atoms with van der Waals surface area (Å²) in [6, 6.07) is 0. The van der Waals surface area contributed by atoms with E-state index in [9.17, 15) is 14.4 Å². The summed E-state index contributed by atoms with van der Waals surface area (Å²) in [4.78, 5) is 33.7. The summed E-state index contributed by atoms with van der Waals surface area (Å²) < 4.78 is 20.7. The lowest BCUT2D eigenvalue weighted by Crippen LogP contribution is -2.56. The van der Waals surface area contributed by atoms with Gasteiger partial charge in [0.05, 0.1) is 6.61 Å². The van der Waals surface area contributed by atoms with Gasteiger partial charge >= 0.3 is 17.9 Å². The van der Waals surface area contributed by atoms with Crippen molar-refractivity contribution in [3.8, 4) is 0 Å². The third kappa shape index (κ3) is 7.18. The van der Waals surface area contributed by atoms with Crippen molar-refractivity contribution in [3.05, 3.63) is 0 Å². The Hall–Kier alpha value is -1.33. The first kappa shape index (κ1) is 21.7. The topological polar surface area (TPSA) is 138 Å². The highest BCUT2D eigenvalue weighted by Crippen LogP contribution is 2.30. The molecule has 0 aromatic rings. The van der Waals surface area contributed by atoms with Crippen molar-refractivity contribution in [2.24, 2.45) is 5.73 Å². The molecule has 0 aromatic carbocycles. The highest BCUT2D eigenvalue weighted by Gasteiger charge is 2.47. The second kappa shape index (κ2) is 9.73. The van der Waals surface area contributed by atoms with Crippen LogP contribution in [0.5, 0.6) is 0 Å². The molecule has 0 bridgehead atoms. The minimum absolute atomic E-state index is 0. The minimum atomic E-state index is -1.06. The number of amidine groups is 1. The first-order chi connectivity index (χ1) is 10.2. The Labute approximate surface area is 147 Å². The van der Waals surface area contributed by atoms with Crippen LogP contribution >= 0.6 is 28.7 Å². The molecule has 1 rings (SSSR count). The van der Waals surface area contributed by atoms with Gasteiger partial charge in [0.15, 0.2) is 28.9 Å². The SMILES string of the molecule is Br.CC(=O)O[C@@H]1[C@@H](OC(C)=O)[C@H](SC(=N)N)OC[C@@H]1OC(C)=O. The lowest BCUT2D eigenvalue weighted by Gasteiger charge is -2.39. The van der Waals surface area contributed by atoms with Gasteiger partial charge in [-0.3, -0.25) is 19.8 Å². The summed E-state index contributed by atoms with van der Waals surface area (Å²) in [5, 5.41) is 7.05. The number of carbonyl (C=O) groups excluding carboxylic acids is 3. The highest BCUT2D eigenvalue weighted by atomic mass is 79.9. The van der Waals surface area contributed by atoms with E-state index < -0.39 is 41.7 Å². The Bertz CT molecular complexity index is 434. The van der Waals surface area contributed by atoms with E-state index in [1.54, 1.807) is 0 Å². The molecule has 132 valence electrons. The molecule has 0 aromatic heterocycles. The number of nitrogens with two attached hydrogens (primary N) is 1. The maximum Gasteiger partial charge on any atom is 0.303 e. The predicted octanol–water partition coefficient (Wildman–Crippen LogP) is 0.342. The van der Waals surface area contributed by atoms with Crippen LogP contribution < -0.4 is 5.73 Å². The maximum atomic E-state index is 11.3. The third-order valence-corrected chi connectivity index (χ3v) is 3.44. The molecule has 23 heavy (non-hydrogen) atoms. The van der Waals surface area contributed by atoms with E-state index >= 15 is 0 Å². The Morgan fingerprint density at radius 1 is 1.04 bits per heavy atom. The molecular weight excluding hydrogens is 396 g/mol. The molecule has 1 fully saturated rings. The zero-order valence-electron chi connectivity index (χ0n) is 12.8. The second-order valence-corrected chi connectivity index (χ2v) is 5.62. The molecule has 4 atom stereocenters. The van der Waals surface area contributed by atoms with Crippen LogP contribution in [-0.2, 0) is 33.3 Å². The number of ether oxygens (including phenoxy) is 4. The Balaban J connectivity index is 0.00000484. The summed E-state index contributed by atoms with van der Waals surface area (Å²) >= 11 is 0.807. The molecule has 1 aliphatic rings. The zero-order chi connectivity index (χ0) is 16.9. The smallest absolute Gasteiger partial charge is 0.303 e. The van der Waals surface area contributed by atoms with Crippen molar-refractivity contribution in [3.63, 3.8) is 0 Å². The normalized spacial score (nSPS) is 26.4.